The quantitative estimate of drug-likeness (QED) is 0.816. The van der Waals surface area contributed by atoms with Gasteiger partial charge in [0.05, 0.1) is 12.2 Å². The minimum absolute atomic E-state index is 0.0767. The molecule has 1 amide bonds. The number of benzene rings is 2. The molecule has 1 heterocycles. The number of carbonyl (C=O) groups is 1. The van der Waals surface area contributed by atoms with Gasteiger partial charge in [-0.05, 0) is 24.3 Å². The second-order valence-electron chi connectivity index (χ2n) is 5.94. The van der Waals surface area contributed by atoms with E-state index < -0.39 is 34.3 Å². The molecule has 0 aliphatic carbocycles. The Morgan fingerprint density at radius 1 is 1.07 bits per heavy atom. The smallest absolute Gasteiger partial charge is 0.282 e. The first-order valence-electron chi connectivity index (χ1n) is 8.01. The normalized spacial score (nSPS) is 17.1. The van der Waals surface area contributed by atoms with Crippen LogP contribution in [0.25, 0.3) is 0 Å². The zero-order chi connectivity index (χ0) is 19.6. The summed E-state index contributed by atoms with van der Waals surface area (Å²) in [6.07, 6.45) is 0. The maximum absolute atomic E-state index is 13.8. The highest BCUT2D eigenvalue weighted by Crippen LogP contribution is 2.22. The zero-order valence-electron chi connectivity index (χ0n) is 14.0. The third kappa shape index (κ3) is 4.44. The van der Waals surface area contributed by atoms with Gasteiger partial charge < -0.3 is 5.32 Å². The highest BCUT2D eigenvalue weighted by atomic mass is 35.5. The van der Waals surface area contributed by atoms with Crippen LogP contribution in [0.15, 0.2) is 42.5 Å². The fourth-order valence-corrected chi connectivity index (χ4v) is 4.39. The largest absolute Gasteiger partial charge is 0.322 e. The van der Waals surface area contributed by atoms with Crippen LogP contribution < -0.4 is 5.32 Å². The molecule has 1 aliphatic rings. The Morgan fingerprint density at radius 3 is 2.48 bits per heavy atom. The van der Waals surface area contributed by atoms with Crippen molar-refractivity contribution < 1.29 is 22.0 Å². The molecular formula is C17H16ClF2N3O3S. The number of halogens is 3. The van der Waals surface area contributed by atoms with Crippen molar-refractivity contribution in [2.24, 2.45) is 0 Å². The minimum Gasteiger partial charge on any atom is -0.322 e. The third-order valence-electron chi connectivity index (χ3n) is 4.08. The fourth-order valence-electron chi connectivity index (χ4n) is 2.70. The Labute approximate surface area is 160 Å². The number of nitrogens with zero attached hydrogens (tertiary/aromatic N) is 2. The van der Waals surface area contributed by atoms with Gasteiger partial charge in [-0.25, -0.2) is 8.78 Å². The number of amides is 1. The van der Waals surface area contributed by atoms with E-state index in [1.807, 2.05) is 0 Å². The van der Waals surface area contributed by atoms with E-state index in [1.54, 1.807) is 6.07 Å². The summed E-state index contributed by atoms with van der Waals surface area (Å²) in [4.78, 5) is 12.1. The molecule has 2 aromatic rings. The van der Waals surface area contributed by atoms with Crippen molar-refractivity contribution in [3.05, 3.63) is 64.7 Å². The highest BCUT2D eigenvalue weighted by Gasteiger charge is 2.37. The summed E-state index contributed by atoms with van der Waals surface area (Å²) in [7, 11) is -3.92. The van der Waals surface area contributed by atoms with Gasteiger partial charge in [-0.2, -0.15) is 17.0 Å². The molecule has 3 rings (SSSR count). The van der Waals surface area contributed by atoms with Crippen molar-refractivity contribution in [1.29, 1.82) is 0 Å². The molecule has 10 heteroatoms. The maximum atomic E-state index is 13.8. The third-order valence-corrected chi connectivity index (χ3v) is 6.24. The van der Waals surface area contributed by atoms with E-state index >= 15 is 0 Å². The number of rotatable bonds is 5. The Hall–Kier alpha value is -2.07. The van der Waals surface area contributed by atoms with Crippen LogP contribution in [0.2, 0.25) is 5.02 Å². The summed E-state index contributed by atoms with van der Waals surface area (Å²) in [6.45, 7) is -0.399. The van der Waals surface area contributed by atoms with Gasteiger partial charge in [-0.15, -0.1) is 0 Å². The Morgan fingerprint density at radius 2 is 1.78 bits per heavy atom. The maximum Gasteiger partial charge on any atom is 0.282 e. The molecule has 0 spiro atoms. The minimum atomic E-state index is -3.92. The molecule has 1 N–H and O–H groups in total. The monoisotopic (exact) mass is 415 g/mol. The van der Waals surface area contributed by atoms with Crippen LogP contribution in [0.1, 0.15) is 5.56 Å². The Bertz CT molecular complexity index is 972. The van der Waals surface area contributed by atoms with Crippen molar-refractivity contribution in [3.8, 4) is 0 Å². The summed E-state index contributed by atoms with van der Waals surface area (Å²) in [5, 5.41) is 2.50. The first kappa shape index (κ1) is 19.7. The zero-order valence-corrected chi connectivity index (χ0v) is 15.6. The van der Waals surface area contributed by atoms with E-state index in [4.69, 9.17) is 11.6 Å². The number of carbonyl (C=O) groups excluding carboxylic acids is 1. The van der Waals surface area contributed by atoms with Gasteiger partial charge in [-0.3, -0.25) is 4.79 Å². The summed E-state index contributed by atoms with van der Waals surface area (Å²) >= 11 is 5.65. The van der Waals surface area contributed by atoms with Crippen molar-refractivity contribution in [3.63, 3.8) is 0 Å². The van der Waals surface area contributed by atoms with E-state index in [0.717, 1.165) is 14.7 Å². The van der Waals surface area contributed by atoms with E-state index in [1.165, 1.54) is 30.3 Å². The first-order chi connectivity index (χ1) is 12.8. The molecular weight excluding hydrogens is 400 g/mol. The average Bonchev–Trinajstić information content (AvgIpc) is 2.87. The molecule has 2 aromatic carbocycles. The second kappa shape index (κ2) is 7.89. The van der Waals surface area contributed by atoms with Gasteiger partial charge in [0.15, 0.2) is 0 Å². The molecule has 0 saturated carbocycles. The molecule has 0 atom stereocenters. The van der Waals surface area contributed by atoms with Gasteiger partial charge in [0.2, 0.25) is 5.91 Å². The molecule has 144 valence electrons. The molecule has 0 radical (unpaired) electrons. The van der Waals surface area contributed by atoms with Gasteiger partial charge in [0.25, 0.3) is 10.2 Å². The molecule has 1 fully saturated rings. The lowest BCUT2D eigenvalue weighted by Crippen LogP contribution is -2.38. The first-order valence-corrected chi connectivity index (χ1v) is 9.78. The lowest BCUT2D eigenvalue weighted by Gasteiger charge is -2.18. The topological polar surface area (TPSA) is 69.7 Å². The summed E-state index contributed by atoms with van der Waals surface area (Å²) in [5.74, 6) is -1.91. The SMILES string of the molecule is O=C(CN1CCN(Cc2ccccc2F)S1(=O)=O)Nc1ccc(Cl)cc1F. The number of hydrogen-bond acceptors (Lipinski definition) is 3. The predicted molar refractivity (Wildman–Crippen MR) is 97.3 cm³/mol. The lowest BCUT2D eigenvalue weighted by molar-refractivity contribution is -0.116. The van der Waals surface area contributed by atoms with Crippen molar-refractivity contribution in [1.82, 2.24) is 8.61 Å². The van der Waals surface area contributed by atoms with Crippen LogP contribution in [0.3, 0.4) is 0 Å². The van der Waals surface area contributed by atoms with Crippen LogP contribution in [0.5, 0.6) is 0 Å². The van der Waals surface area contributed by atoms with Gasteiger partial charge in [0, 0.05) is 30.2 Å². The summed E-state index contributed by atoms with van der Waals surface area (Å²) in [5.41, 5.74) is 0.153. The molecule has 1 aliphatic heterocycles. The van der Waals surface area contributed by atoms with Crippen LogP contribution in [-0.4, -0.2) is 42.6 Å². The van der Waals surface area contributed by atoms with Crippen LogP contribution in [-0.2, 0) is 21.5 Å². The van der Waals surface area contributed by atoms with Gasteiger partial charge in [0.1, 0.15) is 11.6 Å². The van der Waals surface area contributed by atoms with Crippen molar-refractivity contribution in [2.75, 3.05) is 25.0 Å². The van der Waals surface area contributed by atoms with Crippen LogP contribution >= 0.6 is 11.6 Å². The van der Waals surface area contributed by atoms with E-state index in [0.29, 0.717) is 0 Å². The molecule has 27 heavy (non-hydrogen) atoms. The molecule has 0 unspecified atom stereocenters. The van der Waals surface area contributed by atoms with Crippen molar-refractivity contribution >= 4 is 33.4 Å². The number of anilines is 1. The summed E-state index contributed by atoms with van der Waals surface area (Å²) < 4.78 is 54.7. The molecule has 0 bridgehead atoms. The predicted octanol–water partition coefficient (Wildman–Crippen LogP) is 2.62. The van der Waals surface area contributed by atoms with E-state index in [-0.39, 0.29) is 35.9 Å². The number of nitrogens with one attached hydrogen (secondary N) is 1. The average molecular weight is 416 g/mol. The Balaban J connectivity index is 1.66. The highest BCUT2D eigenvalue weighted by molar-refractivity contribution is 7.87. The lowest BCUT2D eigenvalue weighted by atomic mass is 10.2. The summed E-state index contributed by atoms with van der Waals surface area (Å²) in [6, 6.07) is 9.63. The molecule has 0 aromatic heterocycles. The van der Waals surface area contributed by atoms with E-state index in [2.05, 4.69) is 5.32 Å². The fraction of sp³-hybridized carbons (Fsp3) is 0.235. The van der Waals surface area contributed by atoms with E-state index in [9.17, 15) is 22.0 Å². The molecule has 1 saturated heterocycles. The van der Waals surface area contributed by atoms with Gasteiger partial charge in [-0.1, -0.05) is 29.8 Å². The Kier molecular flexibility index (Phi) is 5.75. The second-order valence-corrected chi connectivity index (χ2v) is 8.30. The standard InChI is InChI=1S/C17H16ClF2N3O3S/c18-13-5-6-16(15(20)9-13)21-17(24)11-23-8-7-22(27(23,25)26)10-12-3-1-2-4-14(12)19/h1-6,9H,7-8,10-11H2,(H,21,24). The van der Waals surface area contributed by atoms with Crippen LogP contribution in [0, 0.1) is 11.6 Å². The molecule has 6 nitrogen and oxygen atoms in total. The van der Waals surface area contributed by atoms with Crippen LogP contribution in [0.4, 0.5) is 14.5 Å². The number of hydrogen-bond donors (Lipinski definition) is 1. The van der Waals surface area contributed by atoms with Gasteiger partial charge >= 0.3 is 0 Å². The van der Waals surface area contributed by atoms with Crippen molar-refractivity contribution in [2.45, 2.75) is 6.54 Å².